The van der Waals surface area contributed by atoms with Crippen LogP contribution < -0.4 is 5.73 Å². The van der Waals surface area contributed by atoms with Gasteiger partial charge in [0.2, 0.25) is 0 Å². The Labute approximate surface area is 127 Å². The molecule has 4 rings (SSSR count). The van der Waals surface area contributed by atoms with E-state index in [0.29, 0.717) is 5.92 Å². The molecule has 2 fully saturated rings. The van der Waals surface area contributed by atoms with Gasteiger partial charge < -0.3 is 5.73 Å². The first-order valence-electron chi connectivity index (χ1n) is 7.21. The lowest BCUT2D eigenvalue weighted by Crippen LogP contribution is -2.00. The number of halogens is 1. The van der Waals surface area contributed by atoms with Crippen LogP contribution in [0.4, 0.5) is 5.82 Å². The Bertz CT molecular complexity index is 649. The Kier molecular flexibility index (Phi) is 2.71. The van der Waals surface area contributed by atoms with Gasteiger partial charge in [-0.2, -0.15) is 5.10 Å². The van der Waals surface area contributed by atoms with E-state index in [0.717, 1.165) is 27.7 Å². The summed E-state index contributed by atoms with van der Waals surface area (Å²) in [6.45, 7) is 0. The molecule has 2 unspecified atom stereocenters. The summed E-state index contributed by atoms with van der Waals surface area (Å²) in [4.78, 5) is 0. The number of hydrogen-bond acceptors (Lipinski definition) is 2. The Morgan fingerprint density at radius 1 is 1.15 bits per heavy atom. The van der Waals surface area contributed by atoms with Gasteiger partial charge in [0.15, 0.2) is 0 Å². The van der Waals surface area contributed by atoms with Crippen molar-refractivity contribution in [3.05, 3.63) is 34.4 Å². The smallest absolute Gasteiger partial charge is 0.129 e. The Morgan fingerprint density at radius 3 is 2.45 bits per heavy atom. The quantitative estimate of drug-likeness (QED) is 0.905. The molecule has 0 amide bonds. The van der Waals surface area contributed by atoms with E-state index in [1.165, 1.54) is 30.5 Å². The molecule has 1 heterocycles. The van der Waals surface area contributed by atoms with Crippen LogP contribution in [0.2, 0.25) is 0 Å². The molecular formula is C16H18BrN3. The number of rotatable bonds is 2. The Balaban J connectivity index is 1.79. The van der Waals surface area contributed by atoms with E-state index in [2.05, 4.69) is 40.2 Å². The molecular weight excluding hydrogens is 314 g/mol. The molecule has 0 bridgehead atoms. The molecule has 2 N–H and O–H groups in total. The fourth-order valence-corrected chi connectivity index (χ4v) is 3.96. The third-order valence-electron chi connectivity index (χ3n) is 4.88. The summed E-state index contributed by atoms with van der Waals surface area (Å²) in [6.07, 6.45) is 4.03. The molecule has 2 aliphatic carbocycles. The molecule has 2 saturated carbocycles. The van der Waals surface area contributed by atoms with Crippen molar-refractivity contribution in [2.45, 2.75) is 25.2 Å². The minimum absolute atomic E-state index is 0.598. The molecule has 1 aromatic carbocycles. The fraction of sp³-hybridized carbons (Fsp3) is 0.438. The second-order valence-electron chi connectivity index (χ2n) is 6.20. The van der Waals surface area contributed by atoms with Gasteiger partial charge in [-0.1, -0.05) is 28.1 Å². The van der Waals surface area contributed by atoms with Crippen molar-refractivity contribution in [3.63, 3.8) is 0 Å². The molecule has 3 nitrogen and oxygen atoms in total. The highest BCUT2D eigenvalue weighted by Crippen LogP contribution is 2.58. The molecule has 104 valence electrons. The van der Waals surface area contributed by atoms with Crippen molar-refractivity contribution in [1.29, 1.82) is 0 Å². The molecule has 20 heavy (non-hydrogen) atoms. The molecule has 1 aromatic heterocycles. The maximum absolute atomic E-state index is 6.28. The zero-order valence-corrected chi connectivity index (χ0v) is 13.1. The van der Waals surface area contributed by atoms with Gasteiger partial charge in [-0.3, -0.25) is 4.68 Å². The Hall–Kier alpha value is -1.29. The van der Waals surface area contributed by atoms with Crippen LogP contribution in [0.3, 0.4) is 0 Å². The van der Waals surface area contributed by atoms with Crippen molar-refractivity contribution in [2.75, 3.05) is 5.73 Å². The lowest BCUT2D eigenvalue weighted by molar-refractivity contribution is 0.594. The zero-order chi connectivity index (χ0) is 13.9. The molecule has 2 aromatic rings. The van der Waals surface area contributed by atoms with E-state index in [-0.39, 0.29) is 0 Å². The highest BCUT2D eigenvalue weighted by Gasteiger charge is 2.47. The first-order chi connectivity index (χ1) is 9.63. The highest BCUT2D eigenvalue weighted by molar-refractivity contribution is 9.10. The van der Waals surface area contributed by atoms with E-state index >= 15 is 0 Å². The fourth-order valence-electron chi connectivity index (χ4n) is 3.69. The molecule has 2 atom stereocenters. The molecule has 0 saturated heterocycles. The lowest BCUT2D eigenvalue weighted by Gasteiger charge is -2.11. The van der Waals surface area contributed by atoms with E-state index in [4.69, 9.17) is 10.8 Å². The van der Waals surface area contributed by atoms with Crippen molar-refractivity contribution in [2.24, 2.45) is 18.9 Å². The first kappa shape index (κ1) is 12.5. The van der Waals surface area contributed by atoms with Gasteiger partial charge in [0.05, 0.1) is 5.69 Å². The standard InChI is InChI=1S/C16H18BrN3/c1-20-16(18)14(9-2-4-13(17)5-3-9)15(19-20)12-7-10-6-11(10)8-12/h2-5,10-12H,6-8,18H2,1H3. The number of nitrogens with zero attached hydrogens (tertiary/aromatic N) is 2. The number of benzene rings is 1. The van der Waals surface area contributed by atoms with Gasteiger partial charge in [-0.25, -0.2) is 0 Å². The number of aryl methyl sites for hydroxylation is 1. The summed E-state index contributed by atoms with van der Waals surface area (Å²) >= 11 is 3.49. The van der Waals surface area contributed by atoms with Gasteiger partial charge >= 0.3 is 0 Å². The number of nitrogens with two attached hydrogens (primary N) is 1. The SMILES string of the molecule is Cn1nc(C2CC3CC3C2)c(-c2ccc(Br)cc2)c1N. The van der Waals surface area contributed by atoms with Crippen LogP contribution >= 0.6 is 15.9 Å². The minimum Gasteiger partial charge on any atom is -0.383 e. The highest BCUT2D eigenvalue weighted by atomic mass is 79.9. The number of hydrogen-bond donors (Lipinski definition) is 1. The van der Waals surface area contributed by atoms with Crippen LogP contribution in [-0.4, -0.2) is 9.78 Å². The molecule has 0 radical (unpaired) electrons. The summed E-state index contributed by atoms with van der Waals surface area (Å²) in [5, 5.41) is 4.73. The lowest BCUT2D eigenvalue weighted by atomic mass is 9.93. The predicted molar refractivity (Wildman–Crippen MR) is 84.3 cm³/mol. The number of fused-ring (bicyclic) bond motifs is 1. The van der Waals surface area contributed by atoms with Crippen LogP contribution in [0.25, 0.3) is 11.1 Å². The summed E-state index contributed by atoms with van der Waals surface area (Å²) < 4.78 is 2.92. The van der Waals surface area contributed by atoms with Crippen LogP contribution in [0.5, 0.6) is 0 Å². The van der Waals surface area contributed by atoms with Crippen molar-refractivity contribution < 1.29 is 0 Å². The molecule has 0 spiro atoms. The van der Waals surface area contributed by atoms with E-state index in [9.17, 15) is 0 Å². The third-order valence-corrected chi connectivity index (χ3v) is 5.41. The number of aromatic nitrogens is 2. The van der Waals surface area contributed by atoms with Gasteiger partial charge in [0.1, 0.15) is 5.82 Å². The van der Waals surface area contributed by atoms with Crippen LogP contribution in [0.1, 0.15) is 30.9 Å². The maximum Gasteiger partial charge on any atom is 0.129 e. The van der Waals surface area contributed by atoms with Crippen molar-refractivity contribution in [1.82, 2.24) is 9.78 Å². The maximum atomic E-state index is 6.28. The van der Waals surface area contributed by atoms with Crippen molar-refractivity contribution in [3.8, 4) is 11.1 Å². The van der Waals surface area contributed by atoms with Crippen molar-refractivity contribution >= 4 is 21.7 Å². The summed E-state index contributed by atoms with van der Waals surface area (Å²) in [5.74, 6) is 3.30. The molecule has 4 heteroatoms. The number of nitrogen functional groups attached to an aromatic ring is 1. The second-order valence-corrected chi connectivity index (χ2v) is 7.12. The topological polar surface area (TPSA) is 43.8 Å². The normalized spacial score (nSPS) is 27.6. The second kappa shape index (κ2) is 4.35. The minimum atomic E-state index is 0.598. The summed E-state index contributed by atoms with van der Waals surface area (Å²) in [5.41, 5.74) is 9.80. The van der Waals surface area contributed by atoms with Gasteiger partial charge in [-0.15, -0.1) is 0 Å². The van der Waals surface area contributed by atoms with E-state index in [1.807, 2.05) is 11.7 Å². The predicted octanol–water partition coefficient (Wildman–Crippen LogP) is 3.95. The average Bonchev–Trinajstić information content (AvgIpc) is 2.93. The van der Waals surface area contributed by atoms with E-state index in [1.54, 1.807) is 0 Å². The summed E-state index contributed by atoms with van der Waals surface area (Å²) in [7, 11) is 1.94. The van der Waals surface area contributed by atoms with Gasteiger partial charge in [0, 0.05) is 23.0 Å². The largest absolute Gasteiger partial charge is 0.383 e. The van der Waals surface area contributed by atoms with Gasteiger partial charge in [-0.05, 0) is 48.8 Å². The van der Waals surface area contributed by atoms with E-state index < -0.39 is 0 Å². The first-order valence-corrected chi connectivity index (χ1v) is 8.01. The third kappa shape index (κ3) is 1.89. The molecule has 2 aliphatic rings. The van der Waals surface area contributed by atoms with Crippen LogP contribution in [0.15, 0.2) is 28.7 Å². The van der Waals surface area contributed by atoms with Crippen LogP contribution in [0, 0.1) is 11.8 Å². The monoisotopic (exact) mass is 331 g/mol. The van der Waals surface area contributed by atoms with Gasteiger partial charge in [0.25, 0.3) is 0 Å². The Morgan fingerprint density at radius 2 is 1.80 bits per heavy atom. The van der Waals surface area contributed by atoms with Crippen LogP contribution in [-0.2, 0) is 7.05 Å². The zero-order valence-electron chi connectivity index (χ0n) is 11.5. The number of anilines is 1. The molecule has 0 aliphatic heterocycles. The average molecular weight is 332 g/mol. The summed E-state index contributed by atoms with van der Waals surface area (Å²) in [6, 6.07) is 8.38.